The van der Waals surface area contributed by atoms with E-state index in [0.717, 1.165) is 14.4 Å². The third-order valence-electron chi connectivity index (χ3n) is 2.06. The van der Waals surface area contributed by atoms with Crippen LogP contribution in [0.25, 0.3) is 0 Å². The summed E-state index contributed by atoms with van der Waals surface area (Å²) in [4.78, 5) is 5.33. The van der Waals surface area contributed by atoms with Gasteiger partial charge in [0.15, 0.2) is 0 Å². The molecule has 0 aliphatic rings. The average Bonchev–Trinajstić information content (AvgIpc) is 2.29. The Hall–Kier alpha value is -1.33. The van der Waals surface area contributed by atoms with Crippen molar-refractivity contribution in [3.05, 3.63) is 52.6 Å². The second kappa shape index (κ2) is 5.33. The number of rotatable bonds is 3. The van der Waals surface area contributed by atoms with E-state index >= 15 is 0 Å². The van der Waals surface area contributed by atoms with Gasteiger partial charge in [-0.25, -0.2) is 4.98 Å². The van der Waals surface area contributed by atoms with E-state index in [0.29, 0.717) is 5.56 Å². The van der Waals surface area contributed by atoms with Crippen molar-refractivity contribution < 1.29 is 0 Å². The first kappa shape index (κ1) is 12.1. The van der Waals surface area contributed by atoms with Gasteiger partial charge in [-0.15, -0.1) is 0 Å². The molecule has 0 radical (unpaired) electrons. The van der Waals surface area contributed by atoms with E-state index in [9.17, 15) is 0 Å². The maximum Gasteiger partial charge on any atom is 0.122 e. The van der Waals surface area contributed by atoms with E-state index < -0.39 is 0 Å². The van der Waals surface area contributed by atoms with Crippen molar-refractivity contribution in [1.82, 2.24) is 4.98 Å². The lowest BCUT2D eigenvalue weighted by Crippen LogP contribution is -2.10. The summed E-state index contributed by atoms with van der Waals surface area (Å²) in [6, 6.07) is 11.5. The van der Waals surface area contributed by atoms with Gasteiger partial charge in [-0.2, -0.15) is 0 Å². The third kappa shape index (κ3) is 3.31. The van der Waals surface area contributed by atoms with E-state index in [1.54, 1.807) is 12.3 Å². The summed E-state index contributed by atoms with van der Waals surface area (Å²) in [6.45, 7) is 0. The van der Waals surface area contributed by atoms with E-state index in [2.05, 4.69) is 20.9 Å². The number of hydrogen-bond donors (Lipinski definition) is 2. The minimum Gasteiger partial charge on any atom is -0.384 e. The van der Waals surface area contributed by atoms with Crippen molar-refractivity contribution in [2.24, 2.45) is 5.73 Å². The number of nitrogen functional groups attached to an aromatic ring is 1. The quantitative estimate of drug-likeness (QED) is 0.675. The smallest absolute Gasteiger partial charge is 0.122 e. The molecule has 2 rings (SSSR count). The molecule has 0 unspecified atom stereocenters. The van der Waals surface area contributed by atoms with Crippen molar-refractivity contribution in [1.29, 1.82) is 5.41 Å². The minimum atomic E-state index is 0.0588. The number of benzene rings is 1. The topological polar surface area (TPSA) is 62.8 Å². The normalized spacial score (nSPS) is 10.2. The Morgan fingerprint density at radius 3 is 2.82 bits per heavy atom. The van der Waals surface area contributed by atoms with Crippen LogP contribution in [-0.4, -0.2) is 10.8 Å². The van der Waals surface area contributed by atoms with Gasteiger partial charge in [0.05, 0.1) is 0 Å². The highest BCUT2D eigenvalue weighted by atomic mass is 79.9. The van der Waals surface area contributed by atoms with Gasteiger partial charge in [0.1, 0.15) is 10.9 Å². The number of nitrogens with one attached hydrogen (secondary N) is 1. The molecule has 0 aliphatic heterocycles. The van der Waals surface area contributed by atoms with Gasteiger partial charge in [-0.1, -0.05) is 33.8 Å². The van der Waals surface area contributed by atoms with E-state index in [1.807, 2.05) is 30.3 Å². The van der Waals surface area contributed by atoms with Crippen molar-refractivity contribution in [3.8, 4) is 0 Å². The number of nitrogens with two attached hydrogens (primary N) is 1. The first-order chi connectivity index (χ1) is 8.15. The number of pyridine rings is 1. The van der Waals surface area contributed by atoms with Crippen LogP contribution in [-0.2, 0) is 0 Å². The van der Waals surface area contributed by atoms with Crippen LogP contribution in [0, 0.1) is 5.41 Å². The molecule has 86 valence electrons. The van der Waals surface area contributed by atoms with Crippen LogP contribution >= 0.6 is 27.7 Å². The van der Waals surface area contributed by atoms with Crippen molar-refractivity contribution in [2.75, 3.05) is 0 Å². The lowest BCUT2D eigenvalue weighted by Gasteiger charge is -2.03. The fraction of sp³-hybridized carbons (Fsp3) is 0. The number of nitrogens with zero attached hydrogens (tertiary/aromatic N) is 1. The largest absolute Gasteiger partial charge is 0.384 e. The van der Waals surface area contributed by atoms with Crippen LogP contribution in [0.5, 0.6) is 0 Å². The highest BCUT2D eigenvalue weighted by Crippen LogP contribution is 2.28. The van der Waals surface area contributed by atoms with Gasteiger partial charge < -0.3 is 5.73 Å². The predicted octanol–water partition coefficient (Wildman–Crippen LogP) is 3.28. The molecule has 1 aromatic heterocycles. The third-order valence-corrected chi connectivity index (χ3v) is 3.48. The van der Waals surface area contributed by atoms with E-state index in [4.69, 9.17) is 11.1 Å². The molecule has 0 spiro atoms. The first-order valence-corrected chi connectivity index (χ1v) is 6.50. The molecule has 0 aliphatic carbocycles. The Morgan fingerprint density at radius 1 is 1.29 bits per heavy atom. The molecule has 5 heteroatoms. The van der Waals surface area contributed by atoms with Crippen LogP contribution in [0.2, 0.25) is 0 Å². The van der Waals surface area contributed by atoms with E-state index in [1.165, 1.54) is 11.8 Å². The SMILES string of the molecule is N=C(N)c1ccnc(Sc2cccc(Br)c2)c1. The van der Waals surface area contributed by atoms with Crippen LogP contribution in [0.4, 0.5) is 0 Å². The predicted molar refractivity (Wildman–Crippen MR) is 73.5 cm³/mol. The Labute approximate surface area is 112 Å². The lowest BCUT2D eigenvalue weighted by molar-refractivity contribution is 1.12. The maximum absolute atomic E-state index is 7.38. The van der Waals surface area contributed by atoms with Gasteiger partial charge in [0.2, 0.25) is 0 Å². The molecule has 3 N–H and O–H groups in total. The van der Waals surface area contributed by atoms with Gasteiger partial charge in [-0.3, -0.25) is 5.41 Å². The zero-order valence-corrected chi connectivity index (χ0v) is 11.3. The van der Waals surface area contributed by atoms with Gasteiger partial charge in [0, 0.05) is 21.1 Å². The molecule has 0 atom stereocenters. The van der Waals surface area contributed by atoms with Crippen LogP contribution < -0.4 is 5.73 Å². The Kier molecular flexibility index (Phi) is 3.81. The minimum absolute atomic E-state index is 0.0588. The summed E-state index contributed by atoms with van der Waals surface area (Å²) in [5.74, 6) is 0.0588. The zero-order valence-electron chi connectivity index (χ0n) is 8.85. The summed E-state index contributed by atoms with van der Waals surface area (Å²) >= 11 is 4.97. The summed E-state index contributed by atoms with van der Waals surface area (Å²) < 4.78 is 1.03. The Bertz CT molecular complexity index is 557. The fourth-order valence-electron chi connectivity index (χ4n) is 1.28. The number of halogens is 1. The second-order valence-corrected chi connectivity index (χ2v) is 5.37. The molecular formula is C12H10BrN3S. The summed E-state index contributed by atoms with van der Waals surface area (Å²) in [7, 11) is 0. The van der Waals surface area contributed by atoms with E-state index in [-0.39, 0.29) is 5.84 Å². The summed E-state index contributed by atoms with van der Waals surface area (Å²) in [5.41, 5.74) is 6.13. The van der Waals surface area contributed by atoms with Crippen molar-refractivity contribution in [2.45, 2.75) is 9.92 Å². The highest BCUT2D eigenvalue weighted by molar-refractivity contribution is 9.10. The number of amidine groups is 1. The van der Waals surface area contributed by atoms with Crippen molar-refractivity contribution in [3.63, 3.8) is 0 Å². The summed E-state index contributed by atoms with van der Waals surface area (Å²) in [5, 5.41) is 8.21. The number of aromatic nitrogens is 1. The molecule has 2 aromatic rings. The van der Waals surface area contributed by atoms with Gasteiger partial charge in [-0.05, 0) is 30.3 Å². The van der Waals surface area contributed by atoms with Crippen LogP contribution in [0.3, 0.4) is 0 Å². The first-order valence-electron chi connectivity index (χ1n) is 4.89. The monoisotopic (exact) mass is 307 g/mol. The maximum atomic E-state index is 7.38. The van der Waals surface area contributed by atoms with Crippen LogP contribution in [0.1, 0.15) is 5.56 Å². The summed E-state index contributed by atoms with van der Waals surface area (Å²) in [6.07, 6.45) is 1.66. The molecule has 0 saturated heterocycles. The molecule has 0 saturated carbocycles. The molecule has 3 nitrogen and oxygen atoms in total. The molecule has 0 bridgehead atoms. The van der Waals surface area contributed by atoms with Gasteiger partial charge >= 0.3 is 0 Å². The molecule has 1 aromatic carbocycles. The lowest BCUT2D eigenvalue weighted by atomic mass is 10.2. The Balaban J connectivity index is 2.24. The van der Waals surface area contributed by atoms with Crippen LogP contribution in [0.15, 0.2) is 57.0 Å². The van der Waals surface area contributed by atoms with Gasteiger partial charge in [0.25, 0.3) is 0 Å². The Morgan fingerprint density at radius 2 is 2.12 bits per heavy atom. The molecule has 17 heavy (non-hydrogen) atoms. The van der Waals surface area contributed by atoms with Crippen molar-refractivity contribution >= 4 is 33.5 Å². The molecule has 0 fully saturated rings. The second-order valence-electron chi connectivity index (χ2n) is 3.36. The zero-order chi connectivity index (χ0) is 12.3. The number of hydrogen-bond acceptors (Lipinski definition) is 3. The fourth-order valence-corrected chi connectivity index (χ4v) is 2.71. The molecule has 1 heterocycles. The molecular weight excluding hydrogens is 298 g/mol. The highest BCUT2D eigenvalue weighted by Gasteiger charge is 2.02. The standard InChI is InChI=1S/C12H10BrN3S/c13-9-2-1-3-10(7-9)17-11-6-8(12(14)15)4-5-16-11/h1-7H,(H3,14,15). The average molecular weight is 308 g/mol. The molecule has 0 amide bonds.